The second-order valence-electron chi connectivity index (χ2n) is 4.91. The van der Waals surface area contributed by atoms with Gasteiger partial charge < -0.3 is 24.8 Å². The van der Waals surface area contributed by atoms with Crippen LogP contribution in [0, 0.1) is 0 Å². The monoisotopic (exact) mass is 302 g/mol. The number of phenolic OH excluding ortho intramolecular Hbond substituents is 2. The van der Waals surface area contributed by atoms with Crippen LogP contribution in [0.2, 0.25) is 0 Å². The maximum Gasteiger partial charge on any atom is 0.204 e. The molecule has 6 heteroatoms. The van der Waals surface area contributed by atoms with Crippen molar-refractivity contribution in [3.63, 3.8) is 0 Å². The van der Waals surface area contributed by atoms with Gasteiger partial charge in [0.1, 0.15) is 11.3 Å². The lowest BCUT2D eigenvalue weighted by molar-refractivity contribution is 0.0198. The predicted molar refractivity (Wildman–Crippen MR) is 76.5 cm³/mol. The third-order valence-corrected chi connectivity index (χ3v) is 3.57. The summed E-state index contributed by atoms with van der Waals surface area (Å²) < 4.78 is 10.7. The molecule has 0 fully saturated rings. The van der Waals surface area contributed by atoms with E-state index in [0.717, 1.165) is 6.07 Å². The minimum absolute atomic E-state index is 0.0611. The Morgan fingerprint density at radius 2 is 1.82 bits per heavy atom. The first-order chi connectivity index (χ1) is 10.5. The Hall–Kier alpha value is -2.73. The average Bonchev–Trinajstić information content (AvgIpc) is 2.51. The van der Waals surface area contributed by atoms with Gasteiger partial charge in [0.25, 0.3) is 0 Å². The van der Waals surface area contributed by atoms with E-state index < -0.39 is 23.7 Å². The molecule has 114 valence electrons. The Kier molecular flexibility index (Phi) is 3.38. The van der Waals surface area contributed by atoms with Crippen LogP contribution in [0.4, 0.5) is 0 Å². The van der Waals surface area contributed by atoms with Crippen LogP contribution in [0.1, 0.15) is 22.0 Å². The van der Waals surface area contributed by atoms with E-state index in [1.165, 1.54) is 7.11 Å². The smallest absolute Gasteiger partial charge is 0.204 e. The molecule has 0 radical (unpaired) electrons. The lowest BCUT2D eigenvalue weighted by Crippen LogP contribution is -2.36. The quantitative estimate of drug-likeness (QED) is 0.782. The number of aromatic hydroxyl groups is 2. The van der Waals surface area contributed by atoms with Crippen LogP contribution >= 0.6 is 0 Å². The maximum absolute atomic E-state index is 12.4. The fourth-order valence-corrected chi connectivity index (χ4v) is 2.53. The standard InChI is InChI=1S/C16H14O6/c1-21-15-10(18)7-9(17)11-12(19)13(20)14(22-16(11)15)8-5-3-2-4-6-8/h2-7,13-14,17-18,20H,1H3/t13-,14+/m1/s1. The number of phenols is 2. The normalized spacial score (nSPS) is 20.2. The molecule has 2 aromatic rings. The minimum atomic E-state index is -1.46. The molecule has 0 saturated heterocycles. The molecule has 1 heterocycles. The molecule has 3 N–H and O–H groups in total. The third kappa shape index (κ3) is 2.05. The Morgan fingerprint density at radius 3 is 2.45 bits per heavy atom. The van der Waals surface area contributed by atoms with Gasteiger partial charge in [-0.05, 0) is 5.56 Å². The molecule has 0 aromatic heterocycles. The van der Waals surface area contributed by atoms with Gasteiger partial charge in [0, 0.05) is 6.07 Å². The van der Waals surface area contributed by atoms with E-state index >= 15 is 0 Å². The van der Waals surface area contributed by atoms with Gasteiger partial charge in [-0.15, -0.1) is 0 Å². The number of methoxy groups -OCH3 is 1. The third-order valence-electron chi connectivity index (χ3n) is 3.57. The first-order valence-electron chi connectivity index (χ1n) is 6.61. The highest BCUT2D eigenvalue weighted by Crippen LogP contribution is 2.49. The van der Waals surface area contributed by atoms with Gasteiger partial charge >= 0.3 is 0 Å². The molecule has 1 aliphatic rings. The van der Waals surface area contributed by atoms with Crippen LogP contribution in [0.5, 0.6) is 23.0 Å². The highest BCUT2D eigenvalue weighted by molar-refractivity contribution is 6.06. The zero-order valence-corrected chi connectivity index (χ0v) is 11.7. The highest BCUT2D eigenvalue weighted by Gasteiger charge is 2.41. The van der Waals surface area contributed by atoms with E-state index in [0.29, 0.717) is 5.56 Å². The first-order valence-corrected chi connectivity index (χ1v) is 6.61. The number of fused-ring (bicyclic) bond motifs is 1. The molecule has 0 spiro atoms. The van der Waals surface area contributed by atoms with Crippen molar-refractivity contribution < 1.29 is 29.6 Å². The van der Waals surface area contributed by atoms with Crippen molar-refractivity contribution >= 4 is 5.78 Å². The first kappa shape index (κ1) is 14.2. The molecule has 6 nitrogen and oxygen atoms in total. The van der Waals surface area contributed by atoms with Crippen LogP contribution in [-0.4, -0.2) is 34.3 Å². The number of benzene rings is 2. The number of rotatable bonds is 2. The topological polar surface area (TPSA) is 96.2 Å². The van der Waals surface area contributed by atoms with E-state index in [9.17, 15) is 20.1 Å². The van der Waals surface area contributed by atoms with Crippen LogP contribution in [0.15, 0.2) is 36.4 Å². The number of ketones is 1. The van der Waals surface area contributed by atoms with E-state index in [1.807, 2.05) is 0 Å². The number of hydrogen-bond donors (Lipinski definition) is 3. The summed E-state index contributed by atoms with van der Waals surface area (Å²) in [7, 11) is 1.31. The zero-order chi connectivity index (χ0) is 15.9. The van der Waals surface area contributed by atoms with Crippen LogP contribution in [0.25, 0.3) is 0 Å². The summed E-state index contributed by atoms with van der Waals surface area (Å²) in [6.45, 7) is 0. The molecule has 3 rings (SSSR count). The Balaban J connectivity index is 2.17. The Labute approximate surface area is 126 Å². The summed E-state index contributed by atoms with van der Waals surface area (Å²) in [5.41, 5.74) is 0.396. The fourth-order valence-electron chi connectivity index (χ4n) is 2.53. The zero-order valence-electron chi connectivity index (χ0n) is 11.7. The molecule has 0 aliphatic carbocycles. The molecule has 0 unspecified atom stereocenters. The van der Waals surface area contributed by atoms with Crippen LogP contribution < -0.4 is 9.47 Å². The number of aliphatic hydroxyl groups is 1. The van der Waals surface area contributed by atoms with Gasteiger partial charge in [0.15, 0.2) is 23.7 Å². The van der Waals surface area contributed by atoms with Gasteiger partial charge in [0.2, 0.25) is 11.5 Å². The minimum Gasteiger partial charge on any atom is -0.507 e. The summed E-state index contributed by atoms with van der Waals surface area (Å²) in [4.78, 5) is 12.4. The molecule has 2 atom stereocenters. The molecular formula is C16H14O6. The summed E-state index contributed by atoms with van der Waals surface area (Å²) in [6, 6.07) is 9.70. The lowest BCUT2D eigenvalue weighted by atomic mass is 9.92. The van der Waals surface area contributed by atoms with Crippen molar-refractivity contribution in [3.05, 3.63) is 47.5 Å². The maximum atomic E-state index is 12.4. The largest absolute Gasteiger partial charge is 0.507 e. The number of Topliss-reactive ketones (excluding diaryl/α,β-unsaturated/α-hetero) is 1. The van der Waals surface area contributed by atoms with Crippen molar-refractivity contribution in [2.24, 2.45) is 0 Å². The van der Waals surface area contributed by atoms with E-state index in [-0.39, 0.29) is 22.8 Å². The molecule has 1 aliphatic heterocycles. The summed E-state index contributed by atoms with van der Waals surface area (Å²) in [6.07, 6.45) is -2.41. The van der Waals surface area contributed by atoms with Gasteiger partial charge in [-0.3, -0.25) is 4.79 Å². The number of carbonyl (C=O) groups excluding carboxylic acids is 1. The summed E-state index contributed by atoms with van der Waals surface area (Å²) in [5, 5.41) is 29.9. The van der Waals surface area contributed by atoms with Gasteiger partial charge in [-0.1, -0.05) is 30.3 Å². The van der Waals surface area contributed by atoms with Gasteiger partial charge in [-0.25, -0.2) is 0 Å². The van der Waals surface area contributed by atoms with Crippen molar-refractivity contribution in [1.82, 2.24) is 0 Å². The van der Waals surface area contributed by atoms with E-state index in [1.54, 1.807) is 30.3 Å². The molecule has 0 bridgehead atoms. The van der Waals surface area contributed by atoms with Crippen molar-refractivity contribution in [2.75, 3.05) is 7.11 Å². The van der Waals surface area contributed by atoms with E-state index in [2.05, 4.69) is 0 Å². The highest BCUT2D eigenvalue weighted by atomic mass is 16.5. The number of hydrogen-bond acceptors (Lipinski definition) is 6. The molecule has 22 heavy (non-hydrogen) atoms. The lowest BCUT2D eigenvalue weighted by Gasteiger charge is -2.31. The van der Waals surface area contributed by atoms with Crippen LogP contribution in [-0.2, 0) is 0 Å². The van der Waals surface area contributed by atoms with Crippen molar-refractivity contribution in [1.29, 1.82) is 0 Å². The average molecular weight is 302 g/mol. The number of carbonyl (C=O) groups is 1. The fraction of sp³-hybridized carbons (Fsp3) is 0.188. The second-order valence-corrected chi connectivity index (χ2v) is 4.91. The summed E-state index contributed by atoms with van der Waals surface area (Å²) in [5.74, 6) is -1.65. The Bertz CT molecular complexity index is 725. The van der Waals surface area contributed by atoms with Gasteiger partial charge in [-0.2, -0.15) is 0 Å². The summed E-state index contributed by atoms with van der Waals surface area (Å²) >= 11 is 0. The molecule has 0 amide bonds. The molecule has 0 saturated carbocycles. The van der Waals surface area contributed by atoms with Crippen molar-refractivity contribution in [2.45, 2.75) is 12.2 Å². The SMILES string of the molecule is COc1c(O)cc(O)c2c1O[C@@H](c1ccccc1)[C@H](O)C2=O. The number of ether oxygens (including phenoxy) is 2. The number of aliphatic hydroxyl groups excluding tert-OH is 1. The molecular weight excluding hydrogens is 288 g/mol. The van der Waals surface area contributed by atoms with Crippen molar-refractivity contribution in [3.8, 4) is 23.0 Å². The predicted octanol–water partition coefficient (Wildman–Crippen LogP) is 1.78. The van der Waals surface area contributed by atoms with Crippen LogP contribution in [0.3, 0.4) is 0 Å². The Morgan fingerprint density at radius 1 is 1.14 bits per heavy atom. The second kappa shape index (κ2) is 5.23. The van der Waals surface area contributed by atoms with Gasteiger partial charge in [0.05, 0.1) is 7.11 Å². The van der Waals surface area contributed by atoms with E-state index in [4.69, 9.17) is 9.47 Å². The molecule has 2 aromatic carbocycles.